The molecule has 0 aliphatic rings. The lowest BCUT2D eigenvalue weighted by Gasteiger charge is -2.05. The van der Waals surface area contributed by atoms with Crippen molar-refractivity contribution < 1.29 is 9.85 Å². The van der Waals surface area contributed by atoms with E-state index in [2.05, 4.69) is 13.8 Å². The number of nitrogen functional groups attached to an aromatic ring is 2. The smallest absolute Gasteiger partial charge is 0.276 e. The average molecular weight is 573 g/mol. The summed E-state index contributed by atoms with van der Waals surface area (Å²) in [6.45, 7) is 4.45. The van der Waals surface area contributed by atoms with E-state index >= 15 is 0 Å². The summed E-state index contributed by atoms with van der Waals surface area (Å²) in [5, 5.41) is 21.6. The number of hydrogen-bond acceptors (Lipinski definition) is 6. The quantitative estimate of drug-likeness (QED) is 0.0700. The van der Waals surface area contributed by atoms with Crippen molar-refractivity contribution in [3.05, 3.63) is 67.8 Å². The molecule has 2 aromatic carbocycles. The molecular formula is C33H56N4O4. The Balaban J connectivity index is 0.000000776. The molecule has 41 heavy (non-hydrogen) atoms. The Labute approximate surface area is 248 Å². The normalized spacial score (nSPS) is 10.4. The van der Waals surface area contributed by atoms with Gasteiger partial charge in [-0.2, -0.15) is 0 Å². The van der Waals surface area contributed by atoms with E-state index in [1.54, 1.807) is 0 Å². The minimum Gasteiger partial charge on any atom is -0.399 e. The van der Waals surface area contributed by atoms with Crippen LogP contribution < -0.4 is 11.5 Å². The maximum atomic E-state index is 10.8. The molecule has 8 nitrogen and oxygen atoms in total. The fourth-order valence-corrected chi connectivity index (χ4v) is 4.83. The Morgan fingerprint density at radius 2 is 0.829 bits per heavy atom. The number of benzene rings is 2. The minimum atomic E-state index is -0.579. The minimum absolute atomic E-state index is 0. The Morgan fingerprint density at radius 1 is 0.512 bits per heavy atom. The molecule has 0 aliphatic heterocycles. The lowest BCUT2D eigenvalue weighted by molar-refractivity contribution is -0.394. The van der Waals surface area contributed by atoms with E-state index in [9.17, 15) is 20.2 Å². The van der Waals surface area contributed by atoms with E-state index in [0.29, 0.717) is 12.0 Å². The van der Waals surface area contributed by atoms with Crippen molar-refractivity contribution in [1.29, 1.82) is 0 Å². The van der Waals surface area contributed by atoms with Crippen LogP contribution in [-0.2, 0) is 12.8 Å². The predicted molar refractivity (Wildman–Crippen MR) is 174 cm³/mol. The fourth-order valence-electron chi connectivity index (χ4n) is 4.83. The van der Waals surface area contributed by atoms with Crippen LogP contribution in [0.3, 0.4) is 0 Å². The Kier molecular flexibility index (Phi) is 21.7. The molecule has 0 amide bonds. The molecule has 0 spiro atoms. The Morgan fingerprint density at radius 3 is 1.17 bits per heavy atom. The van der Waals surface area contributed by atoms with Crippen molar-refractivity contribution in [2.24, 2.45) is 0 Å². The highest BCUT2D eigenvalue weighted by Crippen LogP contribution is 2.24. The van der Waals surface area contributed by atoms with Gasteiger partial charge in [-0.25, -0.2) is 0 Å². The first-order valence-corrected chi connectivity index (χ1v) is 15.3. The van der Waals surface area contributed by atoms with Gasteiger partial charge in [-0.1, -0.05) is 111 Å². The van der Waals surface area contributed by atoms with E-state index < -0.39 is 9.85 Å². The molecule has 4 N–H and O–H groups in total. The lowest BCUT2D eigenvalue weighted by Crippen LogP contribution is -1.96. The van der Waals surface area contributed by atoms with Crippen LogP contribution in [0.1, 0.15) is 135 Å². The molecule has 232 valence electrons. The number of nitro benzene ring substituents is 2. The summed E-state index contributed by atoms with van der Waals surface area (Å²) in [5.41, 5.74) is 14.7. The first kappa shape index (κ1) is 37.8. The lowest BCUT2D eigenvalue weighted by atomic mass is 10.0. The number of nitrogens with two attached hydrogens (primary N) is 2. The second-order valence-electron chi connectivity index (χ2n) is 10.8. The highest BCUT2D eigenvalue weighted by Gasteiger charge is 2.16. The summed E-state index contributed by atoms with van der Waals surface area (Å²) in [5.74, 6) is 0. The van der Waals surface area contributed by atoms with Crippen LogP contribution in [0.4, 0.5) is 22.7 Å². The van der Waals surface area contributed by atoms with Crippen molar-refractivity contribution in [1.82, 2.24) is 0 Å². The molecular weight excluding hydrogens is 516 g/mol. The molecule has 0 heterocycles. The summed E-state index contributed by atoms with van der Waals surface area (Å²) < 4.78 is 0. The number of anilines is 2. The van der Waals surface area contributed by atoms with Gasteiger partial charge in [0.25, 0.3) is 11.4 Å². The molecule has 0 bridgehead atoms. The fraction of sp³-hybridized carbons (Fsp3) is 0.636. The molecule has 0 aromatic heterocycles. The number of nitro groups is 2. The third kappa shape index (κ3) is 18.7. The summed E-state index contributed by atoms with van der Waals surface area (Å²) in [6, 6.07) is 9.78. The largest absolute Gasteiger partial charge is 0.399 e. The molecule has 2 aromatic rings. The van der Waals surface area contributed by atoms with E-state index in [4.69, 9.17) is 11.5 Å². The van der Waals surface area contributed by atoms with Gasteiger partial charge in [0.1, 0.15) is 0 Å². The van der Waals surface area contributed by atoms with Crippen LogP contribution in [0.25, 0.3) is 0 Å². The summed E-state index contributed by atoms with van der Waals surface area (Å²) in [6.07, 6.45) is 22.0. The van der Waals surface area contributed by atoms with Gasteiger partial charge in [-0.15, -0.1) is 0 Å². The second-order valence-corrected chi connectivity index (χ2v) is 10.8. The Hall–Kier alpha value is -3.16. The number of unbranched alkanes of at least 4 members (excludes halogenated alkanes) is 14. The van der Waals surface area contributed by atoms with Crippen molar-refractivity contribution in [3.8, 4) is 0 Å². The van der Waals surface area contributed by atoms with Crippen molar-refractivity contribution >= 4 is 22.7 Å². The van der Waals surface area contributed by atoms with Crippen LogP contribution >= 0.6 is 0 Å². The molecule has 2 rings (SSSR count). The first-order chi connectivity index (χ1) is 19.3. The van der Waals surface area contributed by atoms with Gasteiger partial charge in [0.2, 0.25) is 0 Å². The number of aryl methyl sites for hydroxylation is 2. The molecule has 0 unspecified atom stereocenters. The highest BCUT2D eigenvalue weighted by molar-refractivity contribution is 5.54. The maximum absolute atomic E-state index is 10.8. The number of nitrogens with zero attached hydrogens (tertiary/aromatic N) is 2. The summed E-state index contributed by atoms with van der Waals surface area (Å²) in [7, 11) is 0. The summed E-state index contributed by atoms with van der Waals surface area (Å²) >= 11 is 0. The zero-order chi connectivity index (χ0) is 29.6. The Bertz CT molecular complexity index is 945. The van der Waals surface area contributed by atoms with Crippen molar-refractivity contribution in [2.45, 2.75) is 137 Å². The first-order valence-electron chi connectivity index (χ1n) is 15.3. The zero-order valence-corrected chi connectivity index (χ0v) is 24.9. The molecule has 0 radical (unpaired) electrons. The van der Waals surface area contributed by atoms with Crippen LogP contribution in [0.5, 0.6) is 0 Å². The van der Waals surface area contributed by atoms with Gasteiger partial charge in [-0.3, -0.25) is 20.2 Å². The van der Waals surface area contributed by atoms with Gasteiger partial charge in [0.05, 0.1) is 15.9 Å². The third-order valence-electron chi connectivity index (χ3n) is 7.06. The van der Waals surface area contributed by atoms with Gasteiger partial charge in [0, 0.05) is 23.5 Å². The van der Waals surface area contributed by atoms with Crippen LogP contribution in [0.15, 0.2) is 36.4 Å². The molecule has 0 aliphatic carbocycles. The van der Waals surface area contributed by atoms with Crippen molar-refractivity contribution in [2.75, 3.05) is 11.5 Å². The monoisotopic (exact) mass is 572 g/mol. The molecule has 0 fully saturated rings. The number of non-ortho nitro benzene ring substituents is 2. The van der Waals surface area contributed by atoms with Gasteiger partial charge < -0.3 is 11.5 Å². The third-order valence-corrected chi connectivity index (χ3v) is 7.06. The van der Waals surface area contributed by atoms with E-state index in [1.165, 1.54) is 101 Å². The standard InChI is InChI=1S/C16H24N2O4.C16H28N2.CH4/c1-2-3-4-5-6-7-8-9-10-14-11-15(17(19)20)13-16(12-14)18(21)22;1-2-3-4-5-6-7-8-9-10-14-11-15(17)13-16(18)12-14;/h11-13H,2-10H2,1H3;11-13H,2-10,17-18H2,1H3;1H4. The predicted octanol–water partition coefficient (Wildman–Crippen LogP) is 10.4. The van der Waals surface area contributed by atoms with E-state index in [1.807, 2.05) is 18.2 Å². The van der Waals surface area contributed by atoms with Crippen LogP contribution in [-0.4, -0.2) is 9.85 Å². The average Bonchev–Trinajstić information content (AvgIpc) is 2.91. The topological polar surface area (TPSA) is 138 Å². The maximum Gasteiger partial charge on any atom is 0.276 e. The zero-order valence-electron chi connectivity index (χ0n) is 24.9. The highest BCUT2D eigenvalue weighted by atomic mass is 16.6. The number of rotatable bonds is 20. The van der Waals surface area contributed by atoms with E-state index in [0.717, 1.165) is 43.1 Å². The van der Waals surface area contributed by atoms with E-state index in [-0.39, 0.29) is 18.8 Å². The SMILES string of the molecule is C.CCCCCCCCCCc1cc(N)cc(N)c1.CCCCCCCCCCc1cc([N+](=O)[O-])cc([N+](=O)[O-])c1. The molecule has 8 heteroatoms. The van der Waals surface area contributed by atoms with Gasteiger partial charge >= 0.3 is 0 Å². The second kappa shape index (κ2) is 23.5. The molecule has 0 saturated carbocycles. The van der Waals surface area contributed by atoms with Crippen LogP contribution in [0.2, 0.25) is 0 Å². The molecule has 0 saturated heterocycles. The summed E-state index contributed by atoms with van der Waals surface area (Å²) in [4.78, 5) is 20.5. The number of hydrogen-bond donors (Lipinski definition) is 2. The van der Waals surface area contributed by atoms with Crippen molar-refractivity contribution in [3.63, 3.8) is 0 Å². The van der Waals surface area contributed by atoms with Crippen LogP contribution in [0, 0.1) is 20.2 Å². The van der Waals surface area contributed by atoms with Gasteiger partial charge in [0.15, 0.2) is 0 Å². The van der Waals surface area contributed by atoms with Gasteiger partial charge in [-0.05, 0) is 55.0 Å². The molecule has 0 atom stereocenters.